The highest BCUT2D eigenvalue weighted by Crippen LogP contribution is 2.43. The Balaban J connectivity index is 1.43. The molecule has 3 N–H and O–H groups in total. The Morgan fingerprint density at radius 3 is 2.24 bits per heavy atom. The van der Waals surface area contributed by atoms with Gasteiger partial charge in [0.15, 0.2) is 0 Å². The lowest BCUT2D eigenvalue weighted by Crippen LogP contribution is -2.34. The number of nitrogens with one attached hydrogen (secondary N) is 1. The number of amides is 2. The van der Waals surface area contributed by atoms with Crippen molar-refractivity contribution in [2.75, 3.05) is 5.32 Å². The predicted molar refractivity (Wildman–Crippen MR) is 170 cm³/mol. The van der Waals surface area contributed by atoms with Gasteiger partial charge in [-0.05, 0) is 116 Å². The Labute approximate surface area is 252 Å². The van der Waals surface area contributed by atoms with E-state index in [1.807, 2.05) is 30.3 Å². The molecule has 0 aromatic heterocycles. The number of halogens is 1. The number of aryl methyl sites for hydroxylation is 1. The van der Waals surface area contributed by atoms with Crippen LogP contribution in [-0.4, -0.2) is 11.8 Å². The van der Waals surface area contributed by atoms with Crippen molar-refractivity contribution < 1.29 is 9.59 Å². The summed E-state index contributed by atoms with van der Waals surface area (Å²) < 4.78 is 0. The van der Waals surface area contributed by atoms with Crippen LogP contribution in [0.15, 0.2) is 42.5 Å². The molecule has 0 radical (unpaired) electrons. The van der Waals surface area contributed by atoms with Gasteiger partial charge in [-0.1, -0.05) is 74.7 Å². The van der Waals surface area contributed by atoms with Crippen molar-refractivity contribution in [2.24, 2.45) is 41.2 Å². The van der Waals surface area contributed by atoms with Crippen molar-refractivity contribution in [3.8, 4) is 23.5 Å². The number of benzene rings is 2. The molecule has 2 fully saturated rings. The number of terminal acetylenes is 1. The maximum absolute atomic E-state index is 13.8. The highest BCUT2D eigenvalue weighted by atomic mass is 35.5. The summed E-state index contributed by atoms with van der Waals surface area (Å²) in [5, 5.41) is 3.98. The highest BCUT2D eigenvalue weighted by Gasteiger charge is 2.35. The van der Waals surface area contributed by atoms with Gasteiger partial charge in [-0.25, -0.2) is 0 Å². The van der Waals surface area contributed by atoms with E-state index in [0.717, 1.165) is 64.9 Å². The van der Waals surface area contributed by atoms with Crippen LogP contribution in [-0.2, 0) is 9.59 Å². The minimum Gasteiger partial charge on any atom is -0.369 e. The molecule has 3 atom stereocenters. The second kappa shape index (κ2) is 14.9. The second-order valence-electron chi connectivity index (χ2n) is 12.7. The molecule has 0 heterocycles. The number of rotatable bonds is 11. The quantitative estimate of drug-likeness (QED) is 0.263. The van der Waals surface area contributed by atoms with Gasteiger partial charge in [0.2, 0.25) is 11.8 Å². The summed E-state index contributed by atoms with van der Waals surface area (Å²) in [5.74, 6) is 3.95. The van der Waals surface area contributed by atoms with Crippen molar-refractivity contribution >= 4 is 29.1 Å². The molecular weight excluding hydrogens is 528 g/mol. The van der Waals surface area contributed by atoms with E-state index in [2.05, 4.69) is 37.2 Å². The molecular formula is C36H47ClN2O2. The zero-order valence-electron chi connectivity index (χ0n) is 24.8. The van der Waals surface area contributed by atoms with Gasteiger partial charge in [-0.15, -0.1) is 6.42 Å². The van der Waals surface area contributed by atoms with E-state index in [1.54, 1.807) is 0 Å². The molecule has 0 bridgehead atoms. The van der Waals surface area contributed by atoms with Gasteiger partial charge in [-0.3, -0.25) is 9.59 Å². The third-order valence-electron chi connectivity index (χ3n) is 9.84. The van der Waals surface area contributed by atoms with E-state index in [-0.39, 0.29) is 17.7 Å². The molecule has 41 heavy (non-hydrogen) atoms. The number of nitrogens with two attached hydrogens (primary N) is 1. The second-order valence-corrected chi connectivity index (χ2v) is 13.2. The fourth-order valence-corrected chi connectivity index (χ4v) is 7.59. The zero-order chi connectivity index (χ0) is 29.4. The molecule has 4 nitrogen and oxygen atoms in total. The van der Waals surface area contributed by atoms with Gasteiger partial charge in [0.05, 0.1) is 5.92 Å². The lowest BCUT2D eigenvalue weighted by atomic mass is 9.67. The first kappa shape index (κ1) is 31.2. The van der Waals surface area contributed by atoms with Crippen LogP contribution in [0.5, 0.6) is 0 Å². The standard InChI is InChI=1S/C36H47ClN2O2/c1-4-26(35(38)40)11-10-24(2)22-34(30-14-12-28(13-15-30)27-8-6-5-7-9-27)36(41)39-32-19-16-29(17-20-32)33-21-18-31(37)23-25(33)3/h1,16-21,23-24,26-28,30,34H,5-15,22H2,2-3H3,(H2,38,40)(H,39,41)/t24?,26?,28?,30?,34-/m0/s1. The van der Waals surface area contributed by atoms with E-state index >= 15 is 0 Å². The third-order valence-corrected chi connectivity index (χ3v) is 10.1. The van der Waals surface area contributed by atoms with Crippen LogP contribution in [0.2, 0.25) is 5.02 Å². The van der Waals surface area contributed by atoms with Crippen LogP contribution < -0.4 is 11.1 Å². The average molecular weight is 575 g/mol. The number of carbonyl (C=O) groups excluding carboxylic acids is 2. The molecule has 220 valence electrons. The minimum absolute atomic E-state index is 0.0617. The molecule has 5 heteroatoms. The van der Waals surface area contributed by atoms with Crippen molar-refractivity contribution in [2.45, 2.75) is 90.9 Å². The van der Waals surface area contributed by atoms with Crippen LogP contribution in [0.4, 0.5) is 5.69 Å². The summed E-state index contributed by atoms with van der Waals surface area (Å²) >= 11 is 6.14. The number of anilines is 1. The number of carbonyl (C=O) groups is 2. The van der Waals surface area contributed by atoms with Crippen LogP contribution >= 0.6 is 11.6 Å². The minimum atomic E-state index is -0.543. The maximum Gasteiger partial charge on any atom is 0.232 e. The van der Waals surface area contributed by atoms with Crippen molar-refractivity contribution in [3.05, 3.63) is 53.1 Å². The summed E-state index contributed by atoms with van der Waals surface area (Å²) in [6, 6.07) is 14.0. The first-order valence-corrected chi connectivity index (χ1v) is 16.1. The topological polar surface area (TPSA) is 72.2 Å². The Morgan fingerprint density at radius 2 is 1.63 bits per heavy atom. The lowest BCUT2D eigenvalue weighted by Gasteiger charge is -2.38. The van der Waals surface area contributed by atoms with Gasteiger partial charge in [0, 0.05) is 16.6 Å². The summed E-state index contributed by atoms with van der Waals surface area (Å²) in [4.78, 5) is 25.5. The molecule has 4 rings (SSSR count). The first-order valence-electron chi connectivity index (χ1n) is 15.7. The Morgan fingerprint density at radius 1 is 0.976 bits per heavy atom. The largest absolute Gasteiger partial charge is 0.369 e. The molecule has 2 aromatic carbocycles. The van der Waals surface area contributed by atoms with E-state index in [1.165, 1.54) is 44.9 Å². The number of primary amides is 1. The fraction of sp³-hybridized carbons (Fsp3) is 0.556. The van der Waals surface area contributed by atoms with Crippen LogP contribution in [0.25, 0.3) is 11.1 Å². The normalized spacial score (nSPS) is 21.8. The number of hydrogen-bond acceptors (Lipinski definition) is 2. The van der Waals surface area contributed by atoms with Gasteiger partial charge in [-0.2, -0.15) is 0 Å². The summed E-state index contributed by atoms with van der Waals surface area (Å²) in [5.41, 5.74) is 9.64. The Bertz CT molecular complexity index is 1200. The van der Waals surface area contributed by atoms with Crippen LogP contribution in [0.1, 0.15) is 89.5 Å². The van der Waals surface area contributed by atoms with E-state index < -0.39 is 11.8 Å². The monoisotopic (exact) mass is 574 g/mol. The Kier molecular flexibility index (Phi) is 11.3. The highest BCUT2D eigenvalue weighted by molar-refractivity contribution is 6.30. The van der Waals surface area contributed by atoms with E-state index in [0.29, 0.717) is 12.3 Å². The zero-order valence-corrected chi connectivity index (χ0v) is 25.6. The third kappa shape index (κ3) is 8.62. The SMILES string of the molecule is C#CC(CCC(C)C[C@H](C(=O)Nc1ccc(-c2ccc(Cl)cc2C)cc1)C1CCC(C2CCCCC2)CC1)C(N)=O. The number of hydrogen-bond donors (Lipinski definition) is 2. The van der Waals surface area contributed by atoms with Gasteiger partial charge < -0.3 is 11.1 Å². The first-order chi connectivity index (χ1) is 19.7. The summed E-state index contributed by atoms with van der Waals surface area (Å²) in [6.07, 6.45) is 19.3. The molecule has 2 aliphatic rings. The molecule has 2 amide bonds. The van der Waals surface area contributed by atoms with E-state index in [9.17, 15) is 9.59 Å². The summed E-state index contributed by atoms with van der Waals surface area (Å²) in [7, 11) is 0. The average Bonchev–Trinajstić information content (AvgIpc) is 2.97. The van der Waals surface area contributed by atoms with Crippen LogP contribution in [0, 0.1) is 54.8 Å². The Hall–Kier alpha value is -2.77. The van der Waals surface area contributed by atoms with Gasteiger partial charge in [0.25, 0.3) is 0 Å². The van der Waals surface area contributed by atoms with E-state index in [4.69, 9.17) is 23.8 Å². The van der Waals surface area contributed by atoms with Crippen LogP contribution in [0.3, 0.4) is 0 Å². The summed E-state index contributed by atoms with van der Waals surface area (Å²) in [6.45, 7) is 4.23. The molecule has 2 aromatic rings. The molecule has 0 spiro atoms. The van der Waals surface area contributed by atoms with Gasteiger partial charge in [0.1, 0.15) is 0 Å². The van der Waals surface area contributed by atoms with Crippen molar-refractivity contribution in [1.29, 1.82) is 0 Å². The molecule has 0 saturated heterocycles. The predicted octanol–water partition coefficient (Wildman–Crippen LogP) is 8.80. The molecule has 0 aliphatic heterocycles. The van der Waals surface area contributed by atoms with Crippen molar-refractivity contribution in [3.63, 3.8) is 0 Å². The van der Waals surface area contributed by atoms with Crippen molar-refractivity contribution in [1.82, 2.24) is 0 Å². The molecule has 2 unspecified atom stereocenters. The lowest BCUT2D eigenvalue weighted by molar-refractivity contribution is -0.123. The van der Waals surface area contributed by atoms with Gasteiger partial charge >= 0.3 is 0 Å². The molecule has 2 aliphatic carbocycles. The maximum atomic E-state index is 13.8. The smallest absolute Gasteiger partial charge is 0.232 e. The molecule has 2 saturated carbocycles. The fourth-order valence-electron chi connectivity index (χ4n) is 7.37.